The lowest BCUT2D eigenvalue weighted by Gasteiger charge is -2.09. The lowest BCUT2D eigenvalue weighted by atomic mass is 10.3. The smallest absolute Gasteiger partial charge is 0.328 e. The monoisotopic (exact) mass is 306 g/mol. The maximum absolute atomic E-state index is 11.5. The van der Waals surface area contributed by atoms with Crippen LogP contribution in [0.15, 0.2) is 32.9 Å². The van der Waals surface area contributed by atoms with Gasteiger partial charge in [0, 0.05) is 6.07 Å². The van der Waals surface area contributed by atoms with E-state index in [-0.39, 0.29) is 5.56 Å². The van der Waals surface area contributed by atoms with E-state index in [0.29, 0.717) is 17.2 Å². The van der Waals surface area contributed by atoms with Crippen molar-refractivity contribution in [3.8, 4) is 17.4 Å². The zero-order valence-electron chi connectivity index (χ0n) is 11.8. The molecule has 9 heteroatoms. The van der Waals surface area contributed by atoms with Crippen LogP contribution in [0.3, 0.4) is 0 Å². The lowest BCUT2D eigenvalue weighted by Crippen LogP contribution is -2.25. The van der Waals surface area contributed by atoms with Crippen LogP contribution in [-0.4, -0.2) is 35.5 Å². The van der Waals surface area contributed by atoms with Crippen molar-refractivity contribution in [2.45, 2.75) is 0 Å². The summed E-state index contributed by atoms with van der Waals surface area (Å²) in [5.74, 6) is 0.526. The summed E-state index contributed by atoms with van der Waals surface area (Å²) in [6.07, 6.45) is 1.08. The third-order valence-electron chi connectivity index (χ3n) is 2.75. The molecule has 0 unspecified atom stereocenters. The topological polar surface area (TPSA) is 129 Å². The van der Waals surface area contributed by atoms with Gasteiger partial charge in [0.25, 0.3) is 5.56 Å². The van der Waals surface area contributed by atoms with Crippen LogP contribution in [0, 0.1) is 0 Å². The molecule has 1 aromatic heterocycles. The van der Waals surface area contributed by atoms with Gasteiger partial charge < -0.3 is 14.6 Å². The Bertz CT molecular complexity index is 809. The lowest BCUT2D eigenvalue weighted by molar-refractivity contribution is 0.395. The largest absolute Gasteiger partial charge is 0.497 e. The van der Waals surface area contributed by atoms with Crippen molar-refractivity contribution < 1.29 is 14.6 Å². The van der Waals surface area contributed by atoms with Crippen molar-refractivity contribution in [1.82, 2.24) is 9.97 Å². The highest BCUT2D eigenvalue weighted by Gasteiger charge is 2.06. The molecule has 4 N–H and O–H groups in total. The van der Waals surface area contributed by atoms with E-state index in [4.69, 9.17) is 9.47 Å². The van der Waals surface area contributed by atoms with Crippen molar-refractivity contribution in [1.29, 1.82) is 0 Å². The van der Waals surface area contributed by atoms with E-state index in [0.717, 1.165) is 6.21 Å². The Kier molecular flexibility index (Phi) is 4.47. The number of hydrazone groups is 1. The first-order chi connectivity index (χ1) is 10.5. The number of H-pyrrole nitrogens is 2. The molecule has 0 saturated heterocycles. The van der Waals surface area contributed by atoms with Crippen LogP contribution >= 0.6 is 0 Å². The van der Waals surface area contributed by atoms with E-state index in [9.17, 15) is 14.7 Å². The van der Waals surface area contributed by atoms with E-state index in [2.05, 4.69) is 15.5 Å². The number of nitrogens with one attached hydrogen (secondary N) is 3. The highest BCUT2D eigenvalue weighted by Crippen LogP contribution is 2.28. The third kappa shape index (κ3) is 3.26. The maximum Gasteiger partial charge on any atom is 0.328 e. The van der Waals surface area contributed by atoms with E-state index in [1.54, 1.807) is 18.2 Å². The predicted molar refractivity (Wildman–Crippen MR) is 80.1 cm³/mol. The first-order valence-corrected chi connectivity index (χ1v) is 6.12. The molecule has 0 bridgehead atoms. The predicted octanol–water partition coefficient (Wildman–Crippen LogP) is 0.232. The fourth-order valence-corrected chi connectivity index (χ4v) is 1.66. The van der Waals surface area contributed by atoms with Gasteiger partial charge in [-0.25, -0.2) is 4.79 Å². The van der Waals surface area contributed by atoms with Crippen molar-refractivity contribution in [2.24, 2.45) is 5.10 Å². The molecular formula is C13H14N4O5. The summed E-state index contributed by atoms with van der Waals surface area (Å²) in [6.45, 7) is 0. The van der Waals surface area contributed by atoms with Gasteiger partial charge in [-0.15, -0.1) is 0 Å². The van der Waals surface area contributed by atoms with Crippen LogP contribution in [0.25, 0.3) is 0 Å². The van der Waals surface area contributed by atoms with Gasteiger partial charge in [-0.3, -0.25) is 20.2 Å². The number of anilines is 1. The minimum atomic E-state index is -0.801. The molecule has 0 saturated carbocycles. The number of aromatic amines is 2. The fourth-order valence-electron chi connectivity index (χ4n) is 1.66. The quantitative estimate of drug-likeness (QED) is 0.462. The molecule has 22 heavy (non-hydrogen) atoms. The van der Waals surface area contributed by atoms with Gasteiger partial charge in [-0.05, 0) is 12.1 Å². The normalized spacial score (nSPS) is 10.6. The van der Waals surface area contributed by atoms with E-state index in [1.165, 1.54) is 14.2 Å². The van der Waals surface area contributed by atoms with Crippen molar-refractivity contribution in [3.05, 3.63) is 44.6 Å². The summed E-state index contributed by atoms with van der Waals surface area (Å²) in [4.78, 5) is 26.5. The van der Waals surface area contributed by atoms with Gasteiger partial charge in [0.1, 0.15) is 17.1 Å². The summed E-state index contributed by atoms with van der Waals surface area (Å²) in [5, 5.41) is 13.3. The van der Waals surface area contributed by atoms with Crippen LogP contribution in [0.2, 0.25) is 0 Å². The molecule has 0 amide bonds. The Hall–Kier alpha value is -3.23. The summed E-state index contributed by atoms with van der Waals surface area (Å²) in [6, 6.07) is 5.03. The molecule has 2 rings (SSSR count). The number of aromatic hydroxyl groups is 1. The van der Waals surface area contributed by atoms with Crippen LogP contribution < -0.4 is 26.1 Å². The van der Waals surface area contributed by atoms with Crippen LogP contribution in [0.5, 0.6) is 17.4 Å². The Balaban J connectivity index is 2.23. The van der Waals surface area contributed by atoms with Gasteiger partial charge >= 0.3 is 5.69 Å². The summed E-state index contributed by atoms with van der Waals surface area (Å²) in [7, 11) is 3.02. The fraction of sp³-hybridized carbons (Fsp3) is 0.154. The first-order valence-electron chi connectivity index (χ1n) is 6.12. The molecule has 0 radical (unpaired) electrons. The Labute approximate surface area is 124 Å². The standard InChI is InChI=1S/C13H14N4O5/c1-21-7-3-4-9(10(5-7)22-2)17-14-6-8-11(18)15-13(20)16-12(8)19/h3-6,17H,1-2H3,(H3,15,16,18,19,20)/b14-6+. The first kappa shape index (κ1) is 15.2. The van der Waals surface area contributed by atoms with Crippen LogP contribution in [0.4, 0.5) is 5.69 Å². The molecule has 0 aliphatic heterocycles. The molecule has 2 aromatic rings. The summed E-state index contributed by atoms with van der Waals surface area (Å²) in [5.41, 5.74) is 1.46. The van der Waals surface area contributed by atoms with Gasteiger partial charge in [0.05, 0.1) is 26.1 Å². The molecule has 0 spiro atoms. The molecular weight excluding hydrogens is 292 g/mol. The number of ether oxygens (including phenoxy) is 2. The number of rotatable bonds is 5. The molecule has 1 aromatic carbocycles. The van der Waals surface area contributed by atoms with Gasteiger partial charge in [-0.2, -0.15) is 5.10 Å². The van der Waals surface area contributed by atoms with E-state index >= 15 is 0 Å². The van der Waals surface area contributed by atoms with Crippen molar-refractivity contribution in [2.75, 3.05) is 19.6 Å². The number of aromatic nitrogens is 2. The Morgan fingerprint density at radius 3 is 2.64 bits per heavy atom. The second kappa shape index (κ2) is 6.48. The Morgan fingerprint density at radius 2 is 2.00 bits per heavy atom. The molecule has 0 aliphatic rings. The number of hydrogen-bond acceptors (Lipinski definition) is 7. The average Bonchev–Trinajstić information content (AvgIpc) is 2.49. The maximum atomic E-state index is 11.5. The highest BCUT2D eigenvalue weighted by molar-refractivity contribution is 5.82. The van der Waals surface area contributed by atoms with Crippen LogP contribution in [0.1, 0.15) is 5.56 Å². The Morgan fingerprint density at radius 1 is 1.23 bits per heavy atom. The summed E-state index contributed by atoms with van der Waals surface area (Å²) >= 11 is 0. The second-order valence-electron chi connectivity index (χ2n) is 4.11. The number of nitrogens with zero attached hydrogens (tertiary/aromatic N) is 1. The van der Waals surface area contributed by atoms with Crippen molar-refractivity contribution >= 4 is 11.9 Å². The minimum Gasteiger partial charge on any atom is -0.497 e. The third-order valence-corrected chi connectivity index (χ3v) is 2.75. The van der Waals surface area contributed by atoms with Gasteiger partial charge in [0.2, 0.25) is 5.88 Å². The minimum absolute atomic E-state index is 0.181. The highest BCUT2D eigenvalue weighted by atomic mass is 16.5. The molecule has 116 valence electrons. The average molecular weight is 306 g/mol. The van der Waals surface area contributed by atoms with E-state index < -0.39 is 17.1 Å². The van der Waals surface area contributed by atoms with Gasteiger partial charge in [0.15, 0.2) is 0 Å². The van der Waals surface area contributed by atoms with Crippen LogP contribution in [-0.2, 0) is 0 Å². The zero-order chi connectivity index (χ0) is 16.1. The van der Waals surface area contributed by atoms with Gasteiger partial charge in [-0.1, -0.05) is 0 Å². The summed E-state index contributed by atoms with van der Waals surface area (Å²) < 4.78 is 10.2. The number of benzene rings is 1. The van der Waals surface area contributed by atoms with Crippen molar-refractivity contribution in [3.63, 3.8) is 0 Å². The molecule has 0 atom stereocenters. The second-order valence-corrected chi connectivity index (χ2v) is 4.11. The number of hydrogen-bond donors (Lipinski definition) is 4. The molecule has 9 nitrogen and oxygen atoms in total. The van der Waals surface area contributed by atoms with E-state index in [1.807, 2.05) is 4.98 Å². The molecule has 0 aliphatic carbocycles. The molecule has 0 fully saturated rings. The zero-order valence-corrected chi connectivity index (χ0v) is 11.8. The SMILES string of the molecule is COc1ccc(N/N=C/c2c(O)[nH]c(=O)[nH]c2=O)c(OC)c1. The molecule has 1 heterocycles. The number of methoxy groups -OCH3 is 2.